The van der Waals surface area contributed by atoms with Gasteiger partial charge < -0.3 is 9.84 Å². The lowest BCUT2D eigenvalue weighted by atomic mass is 9.97. The van der Waals surface area contributed by atoms with E-state index in [1.807, 2.05) is 12.1 Å². The summed E-state index contributed by atoms with van der Waals surface area (Å²) in [5.74, 6) is 0.708. The van der Waals surface area contributed by atoms with Crippen LogP contribution in [0, 0.1) is 0 Å². The molecule has 136 valence electrons. The van der Waals surface area contributed by atoms with Crippen LogP contribution in [0.3, 0.4) is 0 Å². The minimum atomic E-state index is -3.90. The monoisotopic (exact) mass is 403 g/mol. The van der Waals surface area contributed by atoms with Crippen LogP contribution in [0.4, 0.5) is 0 Å². The molecule has 2 N–H and O–H groups in total. The molecule has 0 heterocycles. The van der Waals surface area contributed by atoms with Gasteiger partial charge in [-0.25, -0.2) is 13.1 Å². The molecule has 0 saturated heterocycles. The van der Waals surface area contributed by atoms with Crippen molar-refractivity contribution < 1.29 is 18.3 Å². The second-order valence-corrected chi connectivity index (χ2v) is 8.50. The van der Waals surface area contributed by atoms with Crippen molar-refractivity contribution in [2.75, 3.05) is 13.7 Å². The summed E-state index contributed by atoms with van der Waals surface area (Å²) < 4.78 is 32.3. The number of methoxy groups -OCH3 is 1. The molecule has 0 aliphatic heterocycles. The van der Waals surface area contributed by atoms with Gasteiger partial charge in [-0.1, -0.05) is 35.3 Å². The molecule has 2 rings (SSSR count). The summed E-state index contributed by atoms with van der Waals surface area (Å²) in [5.41, 5.74) is -0.432. The van der Waals surface area contributed by atoms with Crippen LogP contribution < -0.4 is 9.46 Å². The molecule has 8 heteroatoms. The quantitative estimate of drug-likeness (QED) is 0.743. The maximum absolute atomic E-state index is 12.4. The number of hydrogen-bond acceptors (Lipinski definition) is 4. The number of aliphatic hydroxyl groups is 1. The zero-order valence-electron chi connectivity index (χ0n) is 13.8. The Morgan fingerprint density at radius 1 is 1.16 bits per heavy atom. The molecule has 0 amide bonds. The largest absolute Gasteiger partial charge is 0.497 e. The number of hydrogen-bond donors (Lipinski definition) is 2. The van der Waals surface area contributed by atoms with Crippen LogP contribution in [0.2, 0.25) is 10.0 Å². The Morgan fingerprint density at radius 2 is 1.80 bits per heavy atom. The number of benzene rings is 2. The highest BCUT2D eigenvalue weighted by Crippen LogP contribution is 2.25. The standard InChI is InChI=1S/C17H19Cl2NO4S/c1-17(21,10-12-3-6-14(24-2)7-4-12)11-20-25(22,23)16-9-13(18)5-8-15(16)19/h3-9,20-21H,10-11H2,1-2H3. The van der Waals surface area contributed by atoms with Gasteiger partial charge in [0.15, 0.2) is 0 Å². The van der Waals surface area contributed by atoms with E-state index >= 15 is 0 Å². The van der Waals surface area contributed by atoms with E-state index < -0.39 is 15.6 Å². The number of halogens is 2. The molecule has 0 aliphatic carbocycles. The molecule has 2 aromatic rings. The highest BCUT2D eigenvalue weighted by atomic mass is 35.5. The Morgan fingerprint density at radius 3 is 2.40 bits per heavy atom. The molecular weight excluding hydrogens is 385 g/mol. The summed E-state index contributed by atoms with van der Waals surface area (Å²) in [6, 6.07) is 11.4. The third-order valence-corrected chi connectivity index (χ3v) is 5.69. The minimum Gasteiger partial charge on any atom is -0.497 e. The van der Waals surface area contributed by atoms with Crippen molar-refractivity contribution in [2.45, 2.75) is 23.8 Å². The molecule has 0 aromatic heterocycles. The number of sulfonamides is 1. The van der Waals surface area contributed by atoms with Crippen LogP contribution in [-0.2, 0) is 16.4 Å². The predicted molar refractivity (Wildman–Crippen MR) is 99.0 cm³/mol. The Kier molecular flexibility index (Phi) is 6.35. The van der Waals surface area contributed by atoms with Crippen molar-refractivity contribution in [3.05, 3.63) is 58.1 Å². The summed E-state index contributed by atoms with van der Waals surface area (Å²) >= 11 is 11.8. The first kappa shape index (κ1) is 20.0. The summed E-state index contributed by atoms with van der Waals surface area (Å²) in [4.78, 5) is -0.123. The molecule has 0 bridgehead atoms. The van der Waals surface area contributed by atoms with Gasteiger partial charge in [0.05, 0.1) is 17.7 Å². The molecule has 1 unspecified atom stereocenters. The molecule has 5 nitrogen and oxygen atoms in total. The van der Waals surface area contributed by atoms with Gasteiger partial charge >= 0.3 is 0 Å². The molecule has 1 atom stereocenters. The van der Waals surface area contributed by atoms with E-state index in [2.05, 4.69) is 4.72 Å². The first-order valence-electron chi connectivity index (χ1n) is 7.43. The van der Waals surface area contributed by atoms with Crippen LogP contribution in [0.25, 0.3) is 0 Å². The van der Waals surface area contributed by atoms with Crippen LogP contribution in [0.15, 0.2) is 47.4 Å². The van der Waals surface area contributed by atoms with Crippen molar-refractivity contribution in [3.63, 3.8) is 0 Å². The summed E-state index contributed by atoms with van der Waals surface area (Å²) in [7, 11) is -2.33. The Hall–Kier alpha value is -1.31. The Bertz CT molecular complexity index is 836. The number of ether oxygens (including phenoxy) is 1. The van der Waals surface area contributed by atoms with E-state index in [-0.39, 0.29) is 27.9 Å². The van der Waals surface area contributed by atoms with Gasteiger partial charge in [0.1, 0.15) is 10.6 Å². The zero-order chi connectivity index (χ0) is 18.7. The van der Waals surface area contributed by atoms with E-state index in [1.165, 1.54) is 18.2 Å². The van der Waals surface area contributed by atoms with Crippen molar-refractivity contribution >= 4 is 33.2 Å². The van der Waals surface area contributed by atoms with E-state index in [0.717, 1.165) is 5.56 Å². The van der Waals surface area contributed by atoms with Crippen molar-refractivity contribution in [1.82, 2.24) is 4.72 Å². The molecule has 2 aromatic carbocycles. The zero-order valence-corrected chi connectivity index (χ0v) is 16.1. The second kappa shape index (κ2) is 7.93. The fourth-order valence-electron chi connectivity index (χ4n) is 2.26. The Labute approximate surface area is 157 Å². The SMILES string of the molecule is COc1ccc(CC(C)(O)CNS(=O)(=O)c2cc(Cl)ccc2Cl)cc1. The number of nitrogens with one attached hydrogen (secondary N) is 1. The van der Waals surface area contributed by atoms with Gasteiger partial charge in [0.2, 0.25) is 10.0 Å². The molecular formula is C17H19Cl2NO4S. The minimum absolute atomic E-state index is 0.0618. The topological polar surface area (TPSA) is 75.6 Å². The molecule has 0 saturated carbocycles. The molecule has 0 spiro atoms. The van der Waals surface area contributed by atoms with Crippen LogP contribution >= 0.6 is 23.2 Å². The molecule has 0 aliphatic rings. The van der Waals surface area contributed by atoms with Crippen LogP contribution in [0.5, 0.6) is 5.75 Å². The highest BCUT2D eigenvalue weighted by Gasteiger charge is 2.26. The van der Waals surface area contributed by atoms with Crippen LogP contribution in [-0.4, -0.2) is 32.8 Å². The lowest BCUT2D eigenvalue weighted by molar-refractivity contribution is 0.0657. The summed E-state index contributed by atoms with van der Waals surface area (Å²) in [6.07, 6.45) is 0.267. The van der Waals surface area contributed by atoms with Gasteiger partial charge in [0.25, 0.3) is 0 Å². The van der Waals surface area contributed by atoms with Gasteiger partial charge in [-0.3, -0.25) is 0 Å². The van der Waals surface area contributed by atoms with Crippen LogP contribution in [0.1, 0.15) is 12.5 Å². The van der Waals surface area contributed by atoms with Crippen molar-refractivity contribution in [3.8, 4) is 5.75 Å². The predicted octanol–water partition coefficient (Wildman–Crippen LogP) is 3.27. The first-order chi connectivity index (χ1) is 11.6. The summed E-state index contributed by atoms with van der Waals surface area (Å²) in [5, 5.41) is 10.8. The fraction of sp³-hybridized carbons (Fsp3) is 0.294. The van der Waals surface area contributed by atoms with E-state index in [0.29, 0.717) is 5.75 Å². The Balaban J connectivity index is 2.08. The highest BCUT2D eigenvalue weighted by molar-refractivity contribution is 7.89. The lowest BCUT2D eigenvalue weighted by Gasteiger charge is -2.24. The lowest BCUT2D eigenvalue weighted by Crippen LogP contribution is -2.42. The maximum Gasteiger partial charge on any atom is 0.242 e. The smallest absolute Gasteiger partial charge is 0.242 e. The first-order valence-corrected chi connectivity index (χ1v) is 9.67. The third-order valence-electron chi connectivity index (χ3n) is 3.57. The number of rotatable bonds is 7. The second-order valence-electron chi connectivity index (χ2n) is 5.92. The fourth-order valence-corrected chi connectivity index (χ4v) is 4.18. The van der Waals surface area contributed by atoms with Crippen molar-refractivity contribution in [2.24, 2.45) is 0 Å². The van der Waals surface area contributed by atoms with Crippen molar-refractivity contribution in [1.29, 1.82) is 0 Å². The van der Waals surface area contributed by atoms with Gasteiger partial charge in [-0.15, -0.1) is 0 Å². The average molecular weight is 404 g/mol. The normalized spacial score (nSPS) is 14.1. The van der Waals surface area contributed by atoms with E-state index in [4.69, 9.17) is 27.9 Å². The molecule has 0 radical (unpaired) electrons. The van der Waals surface area contributed by atoms with Gasteiger partial charge in [-0.2, -0.15) is 0 Å². The maximum atomic E-state index is 12.4. The van der Waals surface area contributed by atoms with Gasteiger partial charge in [-0.05, 0) is 42.8 Å². The van der Waals surface area contributed by atoms with E-state index in [1.54, 1.807) is 26.2 Å². The van der Waals surface area contributed by atoms with E-state index in [9.17, 15) is 13.5 Å². The third kappa shape index (κ3) is 5.59. The molecule has 25 heavy (non-hydrogen) atoms. The average Bonchev–Trinajstić information content (AvgIpc) is 2.56. The summed E-state index contributed by atoms with van der Waals surface area (Å²) in [6.45, 7) is 1.38. The van der Waals surface area contributed by atoms with Gasteiger partial charge in [0, 0.05) is 18.0 Å². The molecule has 0 fully saturated rings.